The first-order valence-electron chi connectivity index (χ1n) is 7.78. The van der Waals surface area contributed by atoms with Crippen molar-refractivity contribution in [2.45, 2.75) is 12.8 Å². The average molecular weight is 322 g/mol. The van der Waals surface area contributed by atoms with Gasteiger partial charge in [-0.05, 0) is 29.1 Å². The maximum atomic E-state index is 5.30. The molecule has 1 atom stereocenters. The van der Waals surface area contributed by atoms with Crippen molar-refractivity contribution < 1.29 is 14.1 Å². The zero-order valence-electron chi connectivity index (χ0n) is 13.5. The Bertz CT molecular complexity index is 632. The monoisotopic (exact) mass is 322 g/mol. The molecule has 1 saturated heterocycles. The molecule has 23 heavy (non-hydrogen) atoms. The van der Waals surface area contributed by atoms with Crippen molar-refractivity contribution in [2.24, 2.45) is 5.92 Å². The van der Waals surface area contributed by atoms with Crippen LogP contribution in [0.25, 0.3) is 11.3 Å². The lowest BCUT2D eigenvalue weighted by Crippen LogP contribution is -2.38. The van der Waals surface area contributed by atoms with Crippen molar-refractivity contribution in [3.8, 4) is 0 Å². The van der Waals surface area contributed by atoms with Gasteiger partial charge in [0.25, 0.3) is 0 Å². The highest BCUT2D eigenvalue weighted by Crippen LogP contribution is 2.28. The molecule has 2 aromatic rings. The number of hydrogen-bond donors (Lipinski definition) is 1. The second-order valence-electron chi connectivity index (χ2n) is 5.64. The normalized spacial score (nSPS) is 18.5. The van der Waals surface area contributed by atoms with Crippen molar-refractivity contribution in [2.75, 3.05) is 57.3 Å². The van der Waals surface area contributed by atoms with E-state index in [-0.39, 0.29) is 0 Å². The molecule has 2 aromatic heterocycles. The maximum Gasteiger partial charge on any atom is 0.245 e. The van der Waals surface area contributed by atoms with Gasteiger partial charge < -0.3 is 19.7 Å². The van der Waals surface area contributed by atoms with Crippen molar-refractivity contribution >= 4 is 22.9 Å². The Hall–Kier alpha value is -2.00. The average Bonchev–Trinajstić information content (AvgIpc) is 3.02. The first-order valence-corrected chi connectivity index (χ1v) is 7.78. The number of nitrogens with zero attached hydrogens (tertiary/aromatic N) is 5. The van der Waals surface area contributed by atoms with Gasteiger partial charge in [-0.25, -0.2) is 14.6 Å². The Labute approximate surface area is 134 Å². The van der Waals surface area contributed by atoms with E-state index in [0.29, 0.717) is 36.2 Å². The summed E-state index contributed by atoms with van der Waals surface area (Å²) in [5, 5.41) is 10.8. The van der Waals surface area contributed by atoms with Gasteiger partial charge in [0.1, 0.15) is 0 Å². The summed E-state index contributed by atoms with van der Waals surface area (Å²) in [4.78, 5) is 11.3. The number of aromatic nitrogens is 4. The molecule has 0 saturated carbocycles. The number of nitrogens with one attached hydrogen (secondary N) is 1. The van der Waals surface area contributed by atoms with Crippen LogP contribution in [0.15, 0.2) is 4.63 Å². The zero-order valence-corrected chi connectivity index (χ0v) is 13.5. The summed E-state index contributed by atoms with van der Waals surface area (Å²) in [6.45, 7) is 3.81. The predicted octanol–water partition coefficient (Wildman–Crippen LogP) is 0.934. The molecule has 0 bridgehead atoms. The van der Waals surface area contributed by atoms with E-state index in [2.05, 4.69) is 30.5 Å². The molecule has 0 aliphatic carbocycles. The largest absolute Gasteiger partial charge is 0.384 e. The summed E-state index contributed by atoms with van der Waals surface area (Å²) in [5.41, 5.74) is 0.824. The van der Waals surface area contributed by atoms with E-state index < -0.39 is 0 Å². The maximum absolute atomic E-state index is 5.30. The van der Waals surface area contributed by atoms with E-state index in [1.165, 1.54) is 0 Å². The third-order valence-electron chi connectivity index (χ3n) is 3.92. The highest BCUT2D eigenvalue weighted by Gasteiger charge is 2.24. The highest BCUT2D eigenvalue weighted by molar-refractivity contribution is 5.74. The molecule has 0 unspecified atom stereocenters. The van der Waals surface area contributed by atoms with Crippen molar-refractivity contribution in [1.29, 1.82) is 0 Å². The lowest BCUT2D eigenvalue weighted by Gasteiger charge is -2.33. The SMILES string of the molecule is COCCNc1nc2nonc2nc1N1CCC[C@@H](COC)C1. The van der Waals surface area contributed by atoms with Crippen LogP contribution in [0.1, 0.15) is 12.8 Å². The Morgan fingerprint density at radius 1 is 1.22 bits per heavy atom. The quantitative estimate of drug-likeness (QED) is 0.746. The predicted molar refractivity (Wildman–Crippen MR) is 84.6 cm³/mol. The molecule has 3 rings (SSSR count). The van der Waals surface area contributed by atoms with Gasteiger partial charge in [0, 0.05) is 33.9 Å². The molecular weight excluding hydrogens is 300 g/mol. The topological polar surface area (TPSA) is 98.4 Å². The third kappa shape index (κ3) is 3.67. The van der Waals surface area contributed by atoms with Gasteiger partial charge >= 0.3 is 0 Å². The van der Waals surface area contributed by atoms with Crippen LogP contribution < -0.4 is 10.2 Å². The minimum absolute atomic E-state index is 0.402. The molecule has 0 spiro atoms. The first-order chi connectivity index (χ1) is 11.3. The van der Waals surface area contributed by atoms with Crippen molar-refractivity contribution in [1.82, 2.24) is 20.3 Å². The van der Waals surface area contributed by atoms with E-state index in [1.54, 1.807) is 14.2 Å². The molecule has 1 fully saturated rings. The van der Waals surface area contributed by atoms with Gasteiger partial charge in [0.05, 0.1) is 13.2 Å². The molecule has 3 heterocycles. The van der Waals surface area contributed by atoms with E-state index >= 15 is 0 Å². The summed E-state index contributed by atoms with van der Waals surface area (Å²) >= 11 is 0. The number of anilines is 2. The van der Waals surface area contributed by atoms with Crippen LogP contribution in [0.5, 0.6) is 0 Å². The highest BCUT2D eigenvalue weighted by atomic mass is 16.6. The minimum atomic E-state index is 0.402. The first kappa shape index (κ1) is 15.9. The van der Waals surface area contributed by atoms with E-state index in [9.17, 15) is 0 Å². The Kier molecular flexibility index (Phi) is 5.19. The molecule has 1 aliphatic heterocycles. The standard InChI is InChI=1S/C14H22N6O3/c1-21-7-5-15-13-14(17-12-11(16-13)18-23-19-12)20-6-3-4-10(8-20)9-22-2/h10H,3-9H2,1-2H3,(H,15,16,18)/t10-/m1/s1. The summed E-state index contributed by atoms with van der Waals surface area (Å²) in [6.07, 6.45) is 2.26. The number of fused-ring (bicyclic) bond motifs is 1. The number of methoxy groups -OCH3 is 2. The van der Waals surface area contributed by atoms with Crippen molar-refractivity contribution in [3.63, 3.8) is 0 Å². The van der Waals surface area contributed by atoms with Crippen LogP contribution in [-0.2, 0) is 9.47 Å². The molecule has 1 aliphatic rings. The second kappa shape index (κ2) is 7.51. The lowest BCUT2D eigenvalue weighted by molar-refractivity contribution is 0.143. The fraction of sp³-hybridized carbons (Fsp3) is 0.714. The molecule has 0 amide bonds. The lowest BCUT2D eigenvalue weighted by atomic mass is 9.99. The van der Waals surface area contributed by atoms with E-state index in [1.807, 2.05) is 0 Å². The molecule has 9 heteroatoms. The molecule has 9 nitrogen and oxygen atoms in total. The van der Waals surface area contributed by atoms with Crippen LogP contribution in [0.3, 0.4) is 0 Å². The summed E-state index contributed by atoms with van der Waals surface area (Å²) in [7, 11) is 3.41. The number of hydrogen-bond acceptors (Lipinski definition) is 9. The molecule has 1 N–H and O–H groups in total. The zero-order chi connectivity index (χ0) is 16.1. The molecule has 126 valence electrons. The van der Waals surface area contributed by atoms with Gasteiger partial charge in [0.15, 0.2) is 11.6 Å². The Morgan fingerprint density at radius 2 is 2.04 bits per heavy atom. The van der Waals surface area contributed by atoms with Gasteiger partial charge in [-0.2, -0.15) is 0 Å². The molecule has 0 radical (unpaired) electrons. The summed E-state index contributed by atoms with van der Waals surface area (Å²) in [5.74, 6) is 1.96. The Balaban J connectivity index is 1.85. The second-order valence-corrected chi connectivity index (χ2v) is 5.64. The van der Waals surface area contributed by atoms with Crippen LogP contribution in [0.2, 0.25) is 0 Å². The van der Waals surface area contributed by atoms with E-state index in [4.69, 9.17) is 14.1 Å². The Morgan fingerprint density at radius 3 is 2.83 bits per heavy atom. The number of piperidine rings is 1. The molecular formula is C14H22N6O3. The van der Waals surface area contributed by atoms with Crippen LogP contribution >= 0.6 is 0 Å². The van der Waals surface area contributed by atoms with Crippen LogP contribution in [-0.4, -0.2) is 67.3 Å². The van der Waals surface area contributed by atoms with Crippen LogP contribution in [0.4, 0.5) is 11.6 Å². The summed E-state index contributed by atoms with van der Waals surface area (Å²) in [6, 6.07) is 0. The smallest absolute Gasteiger partial charge is 0.245 e. The van der Waals surface area contributed by atoms with Crippen molar-refractivity contribution in [3.05, 3.63) is 0 Å². The van der Waals surface area contributed by atoms with Crippen LogP contribution in [0, 0.1) is 5.92 Å². The fourth-order valence-electron chi connectivity index (χ4n) is 2.87. The molecule has 0 aromatic carbocycles. The van der Waals surface area contributed by atoms with Gasteiger partial charge in [-0.1, -0.05) is 0 Å². The summed E-state index contributed by atoms with van der Waals surface area (Å²) < 4.78 is 15.1. The minimum Gasteiger partial charge on any atom is -0.384 e. The number of ether oxygens (including phenoxy) is 2. The fourth-order valence-corrected chi connectivity index (χ4v) is 2.87. The number of rotatable bonds is 7. The van der Waals surface area contributed by atoms with Gasteiger partial charge in [0.2, 0.25) is 11.3 Å². The van der Waals surface area contributed by atoms with E-state index in [0.717, 1.165) is 38.4 Å². The van der Waals surface area contributed by atoms with Gasteiger partial charge in [-0.3, -0.25) is 0 Å². The van der Waals surface area contributed by atoms with Gasteiger partial charge in [-0.15, -0.1) is 0 Å². The third-order valence-corrected chi connectivity index (χ3v) is 3.92.